The molecule has 1 aliphatic heterocycles. The van der Waals surface area contributed by atoms with Gasteiger partial charge in [0.05, 0.1) is 12.7 Å². The molecule has 0 bridgehead atoms. The number of benzene rings is 4. The fourth-order valence-corrected chi connectivity index (χ4v) is 4.27. The number of carbonyl (C=O) groups excluding carboxylic acids is 2. The third-order valence-corrected chi connectivity index (χ3v) is 6.06. The third kappa shape index (κ3) is 4.04. The highest BCUT2D eigenvalue weighted by Crippen LogP contribution is 2.32. The molecule has 168 valence electrons. The van der Waals surface area contributed by atoms with Crippen molar-refractivity contribution in [2.75, 3.05) is 19.0 Å². The van der Waals surface area contributed by atoms with Crippen LogP contribution >= 0.6 is 0 Å². The number of nitrogens with zero attached hydrogens (tertiary/aromatic N) is 1. The van der Waals surface area contributed by atoms with Crippen molar-refractivity contribution in [3.05, 3.63) is 114 Å². The first-order valence-electron chi connectivity index (χ1n) is 11.2. The number of fused-ring (bicyclic) bond motifs is 1. The molecule has 5 rings (SSSR count). The Kier molecular flexibility index (Phi) is 5.83. The van der Waals surface area contributed by atoms with Gasteiger partial charge in [0, 0.05) is 17.6 Å². The maximum atomic E-state index is 13.5. The van der Waals surface area contributed by atoms with Gasteiger partial charge >= 0.3 is 0 Å². The Morgan fingerprint density at radius 3 is 2.24 bits per heavy atom. The first-order valence-corrected chi connectivity index (χ1v) is 11.2. The molecule has 1 N–H and O–H groups in total. The van der Waals surface area contributed by atoms with Gasteiger partial charge in [-0.1, -0.05) is 78.9 Å². The molecule has 2 amide bonds. The van der Waals surface area contributed by atoms with Gasteiger partial charge in [-0.15, -0.1) is 0 Å². The van der Waals surface area contributed by atoms with E-state index in [9.17, 15) is 9.59 Å². The standard InChI is InChI=1S/C29H24N2O3/c1-34-23-16-14-20(15-17-23)18-19-31-28(32)26(22-9-3-2-4-10-22)27(29(31)33)30-25-13-7-11-21-8-5-6-12-24(21)25/h2-17,30H,18-19H2,1H3. The summed E-state index contributed by atoms with van der Waals surface area (Å²) in [5.74, 6) is 0.171. The minimum atomic E-state index is -0.315. The molecule has 1 aliphatic rings. The van der Waals surface area contributed by atoms with Crippen LogP contribution in [-0.4, -0.2) is 30.4 Å². The summed E-state index contributed by atoms with van der Waals surface area (Å²) in [5.41, 5.74) is 3.24. The number of amides is 2. The van der Waals surface area contributed by atoms with Crippen molar-refractivity contribution in [3.8, 4) is 5.75 Å². The highest BCUT2D eigenvalue weighted by Gasteiger charge is 2.39. The van der Waals surface area contributed by atoms with Crippen LogP contribution in [0.4, 0.5) is 5.69 Å². The topological polar surface area (TPSA) is 58.6 Å². The van der Waals surface area contributed by atoms with Crippen LogP contribution in [0.2, 0.25) is 0 Å². The van der Waals surface area contributed by atoms with E-state index < -0.39 is 0 Å². The Labute approximate surface area is 198 Å². The fraction of sp³-hybridized carbons (Fsp3) is 0.103. The number of ether oxygens (including phenoxy) is 1. The Morgan fingerprint density at radius 1 is 0.765 bits per heavy atom. The van der Waals surface area contributed by atoms with Crippen molar-refractivity contribution >= 4 is 33.8 Å². The second kappa shape index (κ2) is 9.24. The molecule has 5 heteroatoms. The molecule has 34 heavy (non-hydrogen) atoms. The van der Waals surface area contributed by atoms with Crippen molar-refractivity contribution in [1.82, 2.24) is 4.90 Å². The van der Waals surface area contributed by atoms with E-state index in [0.717, 1.165) is 33.3 Å². The molecule has 1 heterocycles. The first-order chi connectivity index (χ1) is 16.7. The molecular weight excluding hydrogens is 424 g/mol. The SMILES string of the molecule is COc1ccc(CCN2C(=O)C(Nc3cccc4ccccc34)=C(c3ccccc3)C2=O)cc1. The predicted octanol–water partition coefficient (Wildman–Crippen LogP) is 5.28. The molecule has 4 aromatic rings. The van der Waals surface area contributed by atoms with Crippen LogP contribution < -0.4 is 10.1 Å². The van der Waals surface area contributed by atoms with Gasteiger partial charge in [-0.25, -0.2) is 0 Å². The number of methoxy groups -OCH3 is 1. The van der Waals surface area contributed by atoms with Crippen LogP contribution in [0.1, 0.15) is 11.1 Å². The third-order valence-electron chi connectivity index (χ3n) is 6.06. The molecule has 0 saturated heterocycles. The summed E-state index contributed by atoms with van der Waals surface area (Å²) < 4.78 is 5.21. The van der Waals surface area contributed by atoms with Crippen molar-refractivity contribution in [1.29, 1.82) is 0 Å². The average molecular weight is 449 g/mol. The second-order valence-electron chi connectivity index (χ2n) is 8.13. The van der Waals surface area contributed by atoms with E-state index in [1.54, 1.807) is 7.11 Å². The number of carbonyl (C=O) groups is 2. The molecule has 4 aromatic carbocycles. The van der Waals surface area contributed by atoms with Crippen molar-refractivity contribution < 1.29 is 14.3 Å². The normalized spacial score (nSPS) is 13.6. The molecule has 0 unspecified atom stereocenters. The Hall–Kier alpha value is -4.38. The number of imide groups is 1. The molecule has 5 nitrogen and oxygen atoms in total. The van der Waals surface area contributed by atoms with Crippen LogP contribution in [-0.2, 0) is 16.0 Å². The quantitative estimate of drug-likeness (QED) is 0.391. The summed E-state index contributed by atoms with van der Waals surface area (Å²) in [4.78, 5) is 28.3. The van der Waals surface area contributed by atoms with E-state index >= 15 is 0 Å². The van der Waals surface area contributed by atoms with Gasteiger partial charge in [0.2, 0.25) is 0 Å². The van der Waals surface area contributed by atoms with Crippen LogP contribution in [0.15, 0.2) is 103 Å². The van der Waals surface area contributed by atoms with Crippen molar-refractivity contribution in [2.45, 2.75) is 6.42 Å². The zero-order chi connectivity index (χ0) is 23.5. The summed E-state index contributed by atoms with van der Waals surface area (Å²) in [7, 11) is 1.62. The van der Waals surface area contributed by atoms with Gasteiger partial charge in [-0.05, 0) is 41.1 Å². The van der Waals surface area contributed by atoms with E-state index in [0.29, 0.717) is 24.2 Å². The summed E-state index contributed by atoms with van der Waals surface area (Å²) >= 11 is 0. The molecular formula is C29H24N2O3. The Bertz CT molecular complexity index is 1390. The number of hydrogen-bond acceptors (Lipinski definition) is 4. The summed E-state index contributed by atoms with van der Waals surface area (Å²) in [6, 6.07) is 30.9. The number of rotatable bonds is 7. The molecule has 0 fully saturated rings. The maximum absolute atomic E-state index is 13.5. The smallest absolute Gasteiger partial charge is 0.278 e. The molecule has 0 aromatic heterocycles. The lowest BCUT2D eigenvalue weighted by Crippen LogP contribution is -2.34. The van der Waals surface area contributed by atoms with Crippen LogP contribution in [0.25, 0.3) is 16.3 Å². The number of nitrogens with one attached hydrogen (secondary N) is 1. The minimum absolute atomic E-state index is 0.285. The maximum Gasteiger partial charge on any atom is 0.278 e. The molecule has 0 spiro atoms. The number of anilines is 1. The molecule has 0 aliphatic carbocycles. The van der Waals surface area contributed by atoms with Crippen LogP contribution in [0.3, 0.4) is 0 Å². The predicted molar refractivity (Wildman–Crippen MR) is 134 cm³/mol. The summed E-state index contributed by atoms with van der Waals surface area (Å²) in [6.45, 7) is 0.293. The van der Waals surface area contributed by atoms with Gasteiger partial charge in [-0.2, -0.15) is 0 Å². The zero-order valence-electron chi connectivity index (χ0n) is 18.8. The number of hydrogen-bond donors (Lipinski definition) is 1. The van der Waals surface area contributed by atoms with Crippen molar-refractivity contribution in [3.63, 3.8) is 0 Å². The first kappa shape index (κ1) is 21.5. The monoisotopic (exact) mass is 448 g/mol. The summed E-state index contributed by atoms with van der Waals surface area (Å²) in [5, 5.41) is 5.35. The highest BCUT2D eigenvalue weighted by molar-refractivity contribution is 6.36. The zero-order valence-corrected chi connectivity index (χ0v) is 18.8. The van der Waals surface area contributed by atoms with E-state index in [4.69, 9.17) is 4.74 Å². The van der Waals surface area contributed by atoms with Gasteiger partial charge in [0.25, 0.3) is 11.8 Å². The summed E-state index contributed by atoms with van der Waals surface area (Å²) in [6.07, 6.45) is 0.561. The van der Waals surface area contributed by atoms with Crippen molar-refractivity contribution in [2.24, 2.45) is 0 Å². The fourth-order valence-electron chi connectivity index (χ4n) is 4.27. The van der Waals surface area contributed by atoms with E-state index in [1.807, 2.05) is 97.1 Å². The molecule has 0 radical (unpaired) electrons. The van der Waals surface area contributed by atoms with Gasteiger partial charge < -0.3 is 10.1 Å². The lowest BCUT2D eigenvalue weighted by atomic mass is 10.0. The van der Waals surface area contributed by atoms with Gasteiger partial charge in [0.1, 0.15) is 11.4 Å². The Balaban J connectivity index is 1.48. The average Bonchev–Trinajstić information content (AvgIpc) is 3.12. The molecule has 0 atom stereocenters. The van der Waals surface area contributed by atoms with E-state index in [-0.39, 0.29) is 11.8 Å². The lowest BCUT2D eigenvalue weighted by molar-refractivity contribution is -0.136. The Morgan fingerprint density at radius 2 is 1.47 bits per heavy atom. The van der Waals surface area contributed by atoms with Crippen LogP contribution in [0.5, 0.6) is 5.75 Å². The largest absolute Gasteiger partial charge is 0.497 e. The van der Waals surface area contributed by atoms with Gasteiger partial charge in [0.15, 0.2) is 0 Å². The minimum Gasteiger partial charge on any atom is -0.497 e. The van der Waals surface area contributed by atoms with E-state index in [2.05, 4.69) is 5.32 Å². The van der Waals surface area contributed by atoms with Crippen LogP contribution in [0, 0.1) is 0 Å². The van der Waals surface area contributed by atoms with E-state index in [1.165, 1.54) is 4.90 Å². The lowest BCUT2D eigenvalue weighted by Gasteiger charge is -2.16. The second-order valence-corrected chi connectivity index (χ2v) is 8.13. The van der Waals surface area contributed by atoms with Gasteiger partial charge in [-0.3, -0.25) is 14.5 Å². The molecule has 0 saturated carbocycles. The highest BCUT2D eigenvalue weighted by atomic mass is 16.5.